The van der Waals surface area contributed by atoms with Crippen LogP contribution < -0.4 is 0 Å². The SMILES string of the molecule is O=S(=O)(ON=Cc1ccccc1)c1ccc(Cl)cc1. The Balaban J connectivity index is 2.10. The van der Waals surface area contributed by atoms with E-state index >= 15 is 0 Å². The van der Waals surface area contributed by atoms with Crippen molar-refractivity contribution in [2.75, 3.05) is 0 Å². The standard InChI is InChI=1S/C13H10ClNO3S/c14-12-6-8-13(9-7-12)19(16,17)18-15-10-11-4-2-1-3-5-11/h1-10H. The fourth-order valence-corrected chi connectivity index (χ4v) is 2.16. The molecule has 0 aromatic heterocycles. The zero-order chi connectivity index (χ0) is 13.7. The van der Waals surface area contributed by atoms with E-state index in [1.54, 1.807) is 12.1 Å². The molecule has 19 heavy (non-hydrogen) atoms. The first-order chi connectivity index (χ1) is 9.08. The van der Waals surface area contributed by atoms with Crippen LogP contribution in [0.1, 0.15) is 5.56 Å². The smallest absolute Gasteiger partial charge is 0.265 e. The molecule has 2 rings (SSSR count). The molecule has 0 heterocycles. The van der Waals surface area contributed by atoms with Crippen molar-refractivity contribution in [3.63, 3.8) is 0 Å². The van der Waals surface area contributed by atoms with Crippen LogP contribution in [0.25, 0.3) is 0 Å². The second-order valence-electron chi connectivity index (χ2n) is 3.63. The van der Waals surface area contributed by atoms with Gasteiger partial charge in [0.05, 0.1) is 6.21 Å². The van der Waals surface area contributed by atoms with Crippen molar-refractivity contribution in [1.82, 2.24) is 0 Å². The molecule has 0 amide bonds. The third kappa shape index (κ3) is 3.81. The Morgan fingerprint density at radius 1 is 1.00 bits per heavy atom. The summed E-state index contributed by atoms with van der Waals surface area (Å²) < 4.78 is 28.1. The van der Waals surface area contributed by atoms with Crippen LogP contribution in [0.4, 0.5) is 0 Å². The summed E-state index contributed by atoms with van der Waals surface area (Å²) in [7, 11) is -3.90. The molecule has 0 saturated heterocycles. The summed E-state index contributed by atoms with van der Waals surface area (Å²) in [6.07, 6.45) is 1.33. The number of nitrogens with zero attached hydrogens (tertiary/aromatic N) is 1. The minimum absolute atomic E-state index is 0.00196. The number of hydrogen-bond acceptors (Lipinski definition) is 4. The van der Waals surface area contributed by atoms with Gasteiger partial charge in [-0.15, -0.1) is 0 Å². The van der Waals surface area contributed by atoms with E-state index in [9.17, 15) is 8.42 Å². The molecule has 4 nitrogen and oxygen atoms in total. The lowest BCUT2D eigenvalue weighted by Gasteiger charge is -2.00. The molecule has 0 aliphatic carbocycles. The third-order valence-corrected chi connectivity index (χ3v) is 3.63. The van der Waals surface area contributed by atoms with Gasteiger partial charge >= 0.3 is 10.1 Å². The van der Waals surface area contributed by atoms with Gasteiger partial charge in [-0.2, -0.15) is 8.42 Å². The molecule has 0 fully saturated rings. The largest absolute Gasteiger partial charge is 0.358 e. The van der Waals surface area contributed by atoms with Crippen LogP contribution in [0, 0.1) is 0 Å². The fourth-order valence-electron chi connectivity index (χ4n) is 1.32. The van der Waals surface area contributed by atoms with Gasteiger partial charge in [0.25, 0.3) is 0 Å². The topological polar surface area (TPSA) is 55.7 Å². The summed E-state index contributed by atoms with van der Waals surface area (Å²) in [5.74, 6) is 0. The van der Waals surface area contributed by atoms with Gasteiger partial charge in [-0.1, -0.05) is 47.1 Å². The van der Waals surface area contributed by atoms with Gasteiger partial charge < -0.3 is 0 Å². The highest BCUT2D eigenvalue weighted by Crippen LogP contribution is 2.16. The molecule has 0 aliphatic heterocycles. The molecule has 2 aromatic rings. The number of rotatable bonds is 4. The molecule has 98 valence electrons. The third-order valence-electron chi connectivity index (χ3n) is 2.24. The van der Waals surface area contributed by atoms with Crippen LogP contribution in [-0.4, -0.2) is 14.6 Å². The lowest BCUT2D eigenvalue weighted by molar-refractivity contribution is 0.341. The van der Waals surface area contributed by atoms with Crippen LogP contribution in [0.5, 0.6) is 0 Å². The van der Waals surface area contributed by atoms with Gasteiger partial charge in [0.2, 0.25) is 0 Å². The Bertz CT molecular complexity index is 667. The van der Waals surface area contributed by atoms with Gasteiger partial charge in [-0.05, 0) is 29.8 Å². The molecule has 0 atom stereocenters. The van der Waals surface area contributed by atoms with E-state index in [0.29, 0.717) is 5.02 Å². The predicted molar refractivity (Wildman–Crippen MR) is 73.8 cm³/mol. The predicted octanol–water partition coefficient (Wildman–Crippen LogP) is 3.08. The van der Waals surface area contributed by atoms with Crippen LogP contribution in [0.15, 0.2) is 64.6 Å². The van der Waals surface area contributed by atoms with Crippen molar-refractivity contribution in [3.8, 4) is 0 Å². The second kappa shape index (κ2) is 5.86. The number of hydrogen-bond donors (Lipinski definition) is 0. The van der Waals surface area contributed by atoms with Gasteiger partial charge in [0.15, 0.2) is 0 Å². The van der Waals surface area contributed by atoms with Gasteiger partial charge in [-0.25, -0.2) is 0 Å². The lowest BCUT2D eigenvalue weighted by Crippen LogP contribution is -2.02. The van der Waals surface area contributed by atoms with E-state index in [2.05, 4.69) is 9.44 Å². The van der Waals surface area contributed by atoms with Crippen molar-refractivity contribution in [1.29, 1.82) is 0 Å². The first kappa shape index (κ1) is 13.6. The van der Waals surface area contributed by atoms with Crippen LogP contribution in [-0.2, 0) is 14.4 Å². The number of oxime groups is 1. The van der Waals surface area contributed by atoms with Crippen molar-refractivity contribution < 1.29 is 12.7 Å². The average Bonchev–Trinajstić information content (AvgIpc) is 2.40. The Morgan fingerprint density at radius 2 is 1.63 bits per heavy atom. The first-order valence-corrected chi connectivity index (χ1v) is 7.14. The summed E-state index contributed by atoms with van der Waals surface area (Å²) in [5, 5.41) is 3.92. The summed E-state index contributed by atoms with van der Waals surface area (Å²) in [6, 6.07) is 14.7. The lowest BCUT2D eigenvalue weighted by atomic mass is 10.2. The molecule has 0 N–H and O–H groups in total. The molecular formula is C13H10ClNO3S. The average molecular weight is 296 g/mol. The Labute approximate surface area is 116 Å². The molecule has 0 unspecified atom stereocenters. The van der Waals surface area contributed by atoms with E-state index in [0.717, 1.165) is 5.56 Å². The molecule has 2 aromatic carbocycles. The molecular weight excluding hydrogens is 286 g/mol. The van der Waals surface area contributed by atoms with E-state index in [1.807, 2.05) is 18.2 Å². The van der Waals surface area contributed by atoms with E-state index in [4.69, 9.17) is 11.6 Å². The summed E-state index contributed by atoms with van der Waals surface area (Å²) in [4.78, 5) is 0.00196. The minimum Gasteiger partial charge on any atom is -0.265 e. The van der Waals surface area contributed by atoms with Crippen LogP contribution in [0.3, 0.4) is 0 Å². The summed E-state index contributed by atoms with van der Waals surface area (Å²) in [5.41, 5.74) is 0.744. The monoisotopic (exact) mass is 295 g/mol. The van der Waals surface area contributed by atoms with Crippen molar-refractivity contribution in [2.24, 2.45) is 5.16 Å². The molecule has 0 aliphatic rings. The van der Waals surface area contributed by atoms with Crippen molar-refractivity contribution >= 4 is 27.9 Å². The maximum absolute atomic E-state index is 11.8. The Hall–Kier alpha value is -1.85. The molecule has 6 heteroatoms. The maximum atomic E-state index is 11.8. The van der Waals surface area contributed by atoms with Crippen molar-refractivity contribution in [2.45, 2.75) is 4.90 Å². The zero-order valence-electron chi connectivity index (χ0n) is 9.73. The van der Waals surface area contributed by atoms with Crippen LogP contribution in [0.2, 0.25) is 5.02 Å². The zero-order valence-corrected chi connectivity index (χ0v) is 11.3. The first-order valence-electron chi connectivity index (χ1n) is 5.35. The normalized spacial score (nSPS) is 11.6. The maximum Gasteiger partial charge on any atom is 0.358 e. The molecule has 0 spiro atoms. The van der Waals surface area contributed by atoms with Crippen molar-refractivity contribution in [3.05, 3.63) is 65.2 Å². The highest BCUT2D eigenvalue weighted by molar-refractivity contribution is 7.86. The molecule has 0 saturated carbocycles. The number of halogens is 1. The summed E-state index contributed by atoms with van der Waals surface area (Å²) in [6.45, 7) is 0. The quantitative estimate of drug-likeness (QED) is 0.643. The Kier molecular flexibility index (Phi) is 4.19. The minimum atomic E-state index is -3.90. The van der Waals surface area contributed by atoms with Crippen LogP contribution >= 0.6 is 11.6 Å². The van der Waals surface area contributed by atoms with E-state index in [1.165, 1.54) is 30.5 Å². The van der Waals surface area contributed by atoms with Gasteiger partial charge in [0.1, 0.15) is 4.90 Å². The molecule has 0 radical (unpaired) electrons. The number of benzene rings is 2. The highest BCUT2D eigenvalue weighted by atomic mass is 35.5. The second-order valence-corrected chi connectivity index (χ2v) is 5.59. The van der Waals surface area contributed by atoms with Gasteiger partial charge in [-0.3, -0.25) is 4.28 Å². The van der Waals surface area contributed by atoms with E-state index in [-0.39, 0.29) is 4.90 Å². The van der Waals surface area contributed by atoms with Gasteiger partial charge in [0, 0.05) is 5.02 Å². The summed E-state index contributed by atoms with van der Waals surface area (Å²) >= 11 is 5.68. The van der Waals surface area contributed by atoms with E-state index < -0.39 is 10.1 Å². The molecule has 0 bridgehead atoms. The highest BCUT2D eigenvalue weighted by Gasteiger charge is 2.14. The Morgan fingerprint density at radius 3 is 2.26 bits per heavy atom. The fraction of sp³-hybridized carbons (Fsp3) is 0.